The van der Waals surface area contributed by atoms with Gasteiger partial charge in [0.05, 0.1) is 13.4 Å². The number of furan rings is 1. The van der Waals surface area contributed by atoms with E-state index in [-0.39, 0.29) is 24.8 Å². The highest BCUT2D eigenvalue weighted by molar-refractivity contribution is 5.95. The molecule has 2 N–H and O–H groups in total. The van der Waals surface area contributed by atoms with E-state index in [1.54, 1.807) is 24.3 Å². The fraction of sp³-hybridized carbons (Fsp3) is 0.200. The van der Waals surface area contributed by atoms with Crippen molar-refractivity contribution in [1.29, 1.82) is 0 Å². The molecule has 0 aliphatic carbocycles. The number of amides is 2. The molecule has 3 aromatic rings. The largest absolute Gasteiger partial charge is 0.493 e. The van der Waals surface area contributed by atoms with Crippen LogP contribution in [0.2, 0.25) is 0 Å². The summed E-state index contributed by atoms with van der Waals surface area (Å²) in [5.41, 5.74) is 1.71. The highest BCUT2D eigenvalue weighted by Gasteiger charge is 2.23. The van der Waals surface area contributed by atoms with Crippen molar-refractivity contribution in [3.05, 3.63) is 83.8 Å². The van der Waals surface area contributed by atoms with E-state index in [1.807, 2.05) is 36.4 Å². The zero-order valence-electron chi connectivity index (χ0n) is 17.7. The zero-order chi connectivity index (χ0) is 22.8. The maximum absolute atomic E-state index is 13.0. The summed E-state index contributed by atoms with van der Waals surface area (Å²) in [5, 5.41) is 5.62. The van der Waals surface area contributed by atoms with Gasteiger partial charge < -0.3 is 24.5 Å². The Morgan fingerprint density at radius 2 is 1.88 bits per heavy atom. The lowest BCUT2D eigenvalue weighted by Crippen LogP contribution is -2.47. The van der Waals surface area contributed by atoms with E-state index in [1.165, 1.54) is 13.4 Å². The lowest BCUT2D eigenvalue weighted by molar-refractivity contribution is -0.123. The molecule has 0 aliphatic heterocycles. The minimum Gasteiger partial charge on any atom is -0.493 e. The van der Waals surface area contributed by atoms with E-state index < -0.39 is 11.9 Å². The molecule has 0 fully saturated rings. The van der Waals surface area contributed by atoms with E-state index in [0.29, 0.717) is 17.9 Å². The van der Waals surface area contributed by atoms with Crippen molar-refractivity contribution in [3.63, 3.8) is 0 Å². The first-order chi connectivity index (χ1) is 15.6. The van der Waals surface area contributed by atoms with Gasteiger partial charge in [0, 0.05) is 13.0 Å². The predicted molar refractivity (Wildman–Crippen MR) is 119 cm³/mol. The van der Waals surface area contributed by atoms with E-state index in [9.17, 15) is 9.59 Å². The van der Waals surface area contributed by atoms with Crippen LogP contribution < -0.4 is 20.1 Å². The summed E-state index contributed by atoms with van der Waals surface area (Å²) in [5.74, 6) is 2.80. The normalized spacial score (nSPS) is 11.1. The fourth-order valence-electron chi connectivity index (χ4n) is 3.07. The second-order valence-electron chi connectivity index (χ2n) is 6.89. The van der Waals surface area contributed by atoms with Crippen molar-refractivity contribution in [2.45, 2.75) is 19.0 Å². The second kappa shape index (κ2) is 11.3. The number of rotatable bonds is 10. The second-order valence-corrected chi connectivity index (χ2v) is 6.89. The smallest absolute Gasteiger partial charge is 0.287 e. The van der Waals surface area contributed by atoms with Gasteiger partial charge in [0.15, 0.2) is 17.3 Å². The molecule has 0 radical (unpaired) electrons. The van der Waals surface area contributed by atoms with Crippen LogP contribution in [-0.4, -0.2) is 31.6 Å². The first-order valence-electron chi connectivity index (χ1n) is 10.00. The minimum absolute atomic E-state index is 0.101. The molecule has 164 valence electrons. The van der Waals surface area contributed by atoms with E-state index >= 15 is 0 Å². The molecule has 0 aliphatic rings. The third-order valence-electron chi connectivity index (χ3n) is 4.66. The number of ether oxygens (including phenoxy) is 2. The summed E-state index contributed by atoms with van der Waals surface area (Å²) in [7, 11) is 1.54. The van der Waals surface area contributed by atoms with Crippen molar-refractivity contribution in [1.82, 2.24) is 10.6 Å². The van der Waals surface area contributed by atoms with E-state index in [0.717, 1.165) is 11.1 Å². The number of nitrogens with one attached hydrogen (secondary N) is 2. The average molecular weight is 432 g/mol. The van der Waals surface area contributed by atoms with Crippen molar-refractivity contribution < 1.29 is 23.5 Å². The number of hydrogen-bond donors (Lipinski definition) is 2. The Morgan fingerprint density at radius 3 is 2.56 bits per heavy atom. The Labute approximate surface area is 186 Å². The predicted octanol–water partition coefficient (Wildman–Crippen LogP) is 2.96. The summed E-state index contributed by atoms with van der Waals surface area (Å²) in [4.78, 5) is 25.4. The molecule has 7 heteroatoms. The first kappa shape index (κ1) is 22.5. The molecule has 0 bridgehead atoms. The molecule has 1 heterocycles. The van der Waals surface area contributed by atoms with Crippen LogP contribution in [0.3, 0.4) is 0 Å². The molecule has 7 nitrogen and oxygen atoms in total. The van der Waals surface area contributed by atoms with Gasteiger partial charge in [-0.2, -0.15) is 0 Å². The molecule has 1 atom stereocenters. The quantitative estimate of drug-likeness (QED) is 0.481. The Morgan fingerprint density at radius 1 is 1.06 bits per heavy atom. The van der Waals surface area contributed by atoms with Crippen LogP contribution >= 0.6 is 0 Å². The molecule has 2 aromatic carbocycles. The average Bonchev–Trinajstić information content (AvgIpc) is 3.36. The summed E-state index contributed by atoms with van der Waals surface area (Å²) in [6, 6.07) is 17.1. The standard InChI is InChI=1S/C25H24N2O5/c1-3-13-31-23-16-19(11-12-21(23)30-2)17-26-24(28)20(15-18-8-5-4-6-9-18)27-25(29)22-10-7-14-32-22/h1,4-12,14,16,20H,13,15,17H2,2H3,(H,26,28)(H,27,29). The number of benzene rings is 2. The molecule has 0 saturated carbocycles. The first-order valence-corrected chi connectivity index (χ1v) is 10.00. The summed E-state index contributed by atoms with van der Waals surface area (Å²) >= 11 is 0. The van der Waals surface area contributed by atoms with Crippen LogP contribution in [0.4, 0.5) is 0 Å². The minimum atomic E-state index is -0.787. The monoisotopic (exact) mass is 432 g/mol. The highest BCUT2D eigenvalue weighted by Crippen LogP contribution is 2.28. The van der Waals surface area contributed by atoms with Crippen molar-refractivity contribution >= 4 is 11.8 Å². The SMILES string of the molecule is C#CCOc1cc(CNC(=O)C(Cc2ccccc2)NC(=O)c2ccco2)ccc1OC. The molecule has 1 aromatic heterocycles. The lowest BCUT2D eigenvalue weighted by atomic mass is 10.0. The van der Waals surface area contributed by atoms with Crippen molar-refractivity contribution in [2.75, 3.05) is 13.7 Å². The van der Waals surface area contributed by atoms with Crippen molar-refractivity contribution in [3.8, 4) is 23.8 Å². The summed E-state index contributed by atoms with van der Waals surface area (Å²) in [6.45, 7) is 0.335. The third-order valence-corrected chi connectivity index (χ3v) is 4.66. The Bertz CT molecular complexity index is 1070. The summed E-state index contributed by atoms with van der Waals surface area (Å²) in [6.07, 6.45) is 7.00. The van der Waals surface area contributed by atoms with Crippen LogP contribution in [0.1, 0.15) is 21.7 Å². The zero-order valence-corrected chi connectivity index (χ0v) is 17.7. The lowest BCUT2D eigenvalue weighted by Gasteiger charge is -2.18. The molecule has 32 heavy (non-hydrogen) atoms. The van der Waals surface area contributed by atoms with E-state index in [4.69, 9.17) is 20.3 Å². The molecule has 2 amide bonds. The van der Waals surface area contributed by atoms with Gasteiger partial charge in [0.25, 0.3) is 5.91 Å². The Balaban J connectivity index is 1.70. The van der Waals surface area contributed by atoms with Crippen LogP contribution in [0.5, 0.6) is 11.5 Å². The third kappa shape index (κ3) is 6.16. The Kier molecular flexibility index (Phi) is 7.93. The Hall–Kier alpha value is -4.18. The van der Waals surface area contributed by atoms with Gasteiger partial charge in [-0.3, -0.25) is 9.59 Å². The number of carbonyl (C=O) groups excluding carboxylic acids is 2. The van der Waals surface area contributed by atoms with Gasteiger partial charge in [0.1, 0.15) is 12.6 Å². The fourth-order valence-corrected chi connectivity index (χ4v) is 3.07. The van der Waals surface area contributed by atoms with Gasteiger partial charge in [-0.25, -0.2) is 0 Å². The summed E-state index contributed by atoms with van der Waals surface area (Å²) < 4.78 is 15.9. The van der Waals surface area contributed by atoms with Crippen LogP contribution in [0, 0.1) is 12.3 Å². The van der Waals surface area contributed by atoms with Crippen molar-refractivity contribution in [2.24, 2.45) is 0 Å². The van der Waals surface area contributed by atoms with E-state index in [2.05, 4.69) is 16.6 Å². The van der Waals surface area contributed by atoms with Gasteiger partial charge in [-0.15, -0.1) is 6.42 Å². The van der Waals surface area contributed by atoms with Gasteiger partial charge in [-0.05, 0) is 35.4 Å². The molecule has 1 unspecified atom stereocenters. The highest BCUT2D eigenvalue weighted by atomic mass is 16.5. The molecular formula is C25H24N2O5. The molecule has 3 rings (SSSR count). The topological polar surface area (TPSA) is 89.8 Å². The van der Waals surface area contributed by atoms with Crippen LogP contribution in [0.25, 0.3) is 0 Å². The molecule has 0 saturated heterocycles. The molecular weight excluding hydrogens is 408 g/mol. The maximum Gasteiger partial charge on any atom is 0.287 e. The van der Waals surface area contributed by atoms with Crippen LogP contribution in [0.15, 0.2) is 71.3 Å². The van der Waals surface area contributed by atoms with Gasteiger partial charge in [-0.1, -0.05) is 42.3 Å². The maximum atomic E-state index is 13.0. The van der Waals surface area contributed by atoms with Gasteiger partial charge >= 0.3 is 0 Å². The van der Waals surface area contributed by atoms with Crippen LogP contribution in [-0.2, 0) is 17.8 Å². The molecule has 0 spiro atoms. The number of methoxy groups -OCH3 is 1. The number of carbonyl (C=O) groups is 2. The number of terminal acetylenes is 1. The van der Waals surface area contributed by atoms with Gasteiger partial charge in [0.2, 0.25) is 5.91 Å². The number of hydrogen-bond acceptors (Lipinski definition) is 5.